The highest BCUT2D eigenvalue weighted by Crippen LogP contribution is 2.15. The lowest BCUT2D eigenvalue weighted by molar-refractivity contribution is 0.0697. The Morgan fingerprint density at radius 2 is 1.92 bits per heavy atom. The van der Waals surface area contributed by atoms with Crippen LogP contribution < -0.4 is 5.56 Å². The first-order chi connectivity index (χ1) is 12.6. The molecule has 0 spiro atoms. The van der Waals surface area contributed by atoms with Crippen LogP contribution in [0.25, 0.3) is 0 Å². The highest BCUT2D eigenvalue weighted by molar-refractivity contribution is 6.29. The molecule has 2 aromatic heterocycles. The number of pyridine rings is 1. The number of carbonyl (C=O) groups is 1. The quantitative estimate of drug-likeness (QED) is 0.763. The number of rotatable bonds is 3. The highest BCUT2D eigenvalue weighted by atomic mass is 35.5. The summed E-state index contributed by atoms with van der Waals surface area (Å²) in [6.45, 7) is 3.98. The average molecular weight is 374 g/mol. The lowest BCUT2D eigenvalue weighted by Gasteiger charge is -2.29. The number of hydrogen-bond acceptors (Lipinski definition) is 5. The summed E-state index contributed by atoms with van der Waals surface area (Å²) in [7, 11) is 0. The summed E-state index contributed by atoms with van der Waals surface area (Å²) in [4.78, 5) is 37.8. The Morgan fingerprint density at radius 3 is 2.69 bits per heavy atom. The largest absolute Gasteiger partial charge is 0.328 e. The summed E-state index contributed by atoms with van der Waals surface area (Å²) in [6, 6.07) is 6.61. The molecule has 26 heavy (non-hydrogen) atoms. The Balaban J connectivity index is 1.56. The van der Waals surface area contributed by atoms with E-state index in [1.807, 2.05) is 0 Å². The van der Waals surface area contributed by atoms with Crippen molar-refractivity contribution in [3.63, 3.8) is 0 Å². The van der Waals surface area contributed by atoms with Crippen LogP contribution in [0, 0.1) is 0 Å². The molecule has 4 heterocycles. The molecule has 136 valence electrons. The molecular formula is C18H20ClN5O2. The third kappa shape index (κ3) is 3.50. The Labute approximate surface area is 156 Å². The molecule has 7 nitrogen and oxygen atoms in total. The van der Waals surface area contributed by atoms with Crippen molar-refractivity contribution in [1.82, 2.24) is 24.3 Å². The predicted molar refractivity (Wildman–Crippen MR) is 97.0 cm³/mol. The second-order valence-electron chi connectivity index (χ2n) is 6.71. The van der Waals surface area contributed by atoms with Crippen LogP contribution in [0.4, 0.5) is 0 Å². The summed E-state index contributed by atoms with van der Waals surface area (Å²) in [6.07, 6.45) is 2.39. The van der Waals surface area contributed by atoms with Gasteiger partial charge in [0.1, 0.15) is 16.7 Å². The normalized spacial score (nSPS) is 17.3. The monoisotopic (exact) mass is 373 g/mol. The zero-order valence-corrected chi connectivity index (χ0v) is 15.2. The van der Waals surface area contributed by atoms with Gasteiger partial charge >= 0.3 is 0 Å². The van der Waals surface area contributed by atoms with E-state index in [9.17, 15) is 9.59 Å². The van der Waals surface area contributed by atoms with Crippen LogP contribution in [-0.4, -0.2) is 49.9 Å². The minimum atomic E-state index is -0.196. The first kappa shape index (κ1) is 17.2. The molecule has 0 atom stereocenters. The van der Waals surface area contributed by atoms with Crippen LogP contribution in [0.2, 0.25) is 5.15 Å². The summed E-state index contributed by atoms with van der Waals surface area (Å²) < 4.78 is 1.66. The number of fused-ring (bicyclic) bond motifs is 1. The van der Waals surface area contributed by atoms with Gasteiger partial charge in [-0.15, -0.1) is 0 Å². The molecular weight excluding hydrogens is 354 g/mol. The van der Waals surface area contributed by atoms with E-state index in [0.717, 1.165) is 18.8 Å². The molecule has 0 N–H and O–H groups in total. The minimum absolute atomic E-state index is 0.0443. The molecule has 2 aromatic rings. The van der Waals surface area contributed by atoms with E-state index in [1.54, 1.807) is 33.7 Å². The van der Waals surface area contributed by atoms with Gasteiger partial charge in [-0.3, -0.25) is 19.1 Å². The van der Waals surface area contributed by atoms with Crippen molar-refractivity contribution in [3.05, 3.63) is 57.0 Å². The molecule has 0 bridgehead atoms. The highest BCUT2D eigenvalue weighted by Gasteiger charge is 2.25. The minimum Gasteiger partial charge on any atom is -0.328 e. The van der Waals surface area contributed by atoms with Gasteiger partial charge in [-0.25, -0.2) is 9.97 Å². The Bertz CT molecular complexity index is 891. The average Bonchev–Trinajstić information content (AvgIpc) is 3.13. The van der Waals surface area contributed by atoms with Crippen molar-refractivity contribution in [2.24, 2.45) is 0 Å². The number of aromatic nitrogens is 3. The summed E-state index contributed by atoms with van der Waals surface area (Å²) in [5, 5.41) is 0.288. The van der Waals surface area contributed by atoms with E-state index in [0.29, 0.717) is 37.7 Å². The number of likely N-dealkylation sites (tertiary alicyclic amines) is 1. The summed E-state index contributed by atoms with van der Waals surface area (Å²) >= 11 is 5.89. The second-order valence-corrected chi connectivity index (χ2v) is 7.10. The second kappa shape index (κ2) is 7.17. The van der Waals surface area contributed by atoms with Crippen molar-refractivity contribution < 1.29 is 4.79 Å². The maximum Gasteiger partial charge on any atom is 0.272 e. The third-order valence-electron chi connectivity index (χ3n) is 4.87. The Morgan fingerprint density at radius 1 is 1.12 bits per heavy atom. The van der Waals surface area contributed by atoms with Crippen LogP contribution in [-0.2, 0) is 19.6 Å². The zero-order valence-electron chi connectivity index (χ0n) is 14.4. The number of halogens is 1. The Hall–Kier alpha value is -2.25. The fraction of sp³-hybridized carbons (Fsp3) is 0.444. The van der Waals surface area contributed by atoms with Gasteiger partial charge in [-0.1, -0.05) is 17.7 Å². The first-order valence-corrected chi connectivity index (χ1v) is 9.22. The molecule has 1 amide bonds. The van der Waals surface area contributed by atoms with Crippen LogP contribution in [0.15, 0.2) is 29.1 Å². The molecule has 0 saturated carbocycles. The lowest BCUT2D eigenvalue weighted by Crippen LogP contribution is -2.43. The van der Waals surface area contributed by atoms with Gasteiger partial charge in [0.05, 0.1) is 12.2 Å². The summed E-state index contributed by atoms with van der Waals surface area (Å²) in [5.74, 6) is 0.436. The number of nitrogens with zero attached hydrogens (tertiary/aromatic N) is 5. The van der Waals surface area contributed by atoms with Gasteiger partial charge in [0.2, 0.25) is 0 Å². The van der Waals surface area contributed by atoms with Gasteiger partial charge in [-0.05, 0) is 38.1 Å². The fourth-order valence-electron chi connectivity index (χ4n) is 3.55. The number of carbonyl (C=O) groups excluding carboxylic acids is 1. The predicted octanol–water partition coefficient (Wildman–Crippen LogP) is 1.54. The van der Waals surface area contributed by atoms with Gasteiger partial charge in [0, 0.05) is 25.7 Å². The van der Waals surface area contributed by atoms with E-state index in [1.165, 1.54) is 12.8 Å². The molecule has 1 saturated heterocycles. The van der Waals surface area contributed by atoms with Crippen molar-refractivity contribution in [2.45, 2.75) is 32.5 Å². The van der Waals surface area contributed by atoms with Crippen molar-refractivity contribution in [3.8, 4) is 0 Å². The van der Waals surface area contributed by atoms with Crippen molar-refractivity contribution >= 4 is 17.5 Å². The molecule has 1 fully saturated rings. The molecule has 2 aliphatic rings. The standard InChI is InChI=1S/C18H20ClN5O2/c19-15-5-3-4-14(21-15)18(26)23-8-9-24-16(12-23)20-13(10-17(24)25)11-22-6-1-2-7-22/h3-5,10H,1-2,6-9,11-12H2. The van der Waals surface area contributed by atoms with E-state index in [-0.39, 0.29) is 16.6 Å². The fourth-order valence-corrected chi connectivity index (χ4v) is 3.71. The molecule has 2 aliphatic heterocycles. The lowest BCUT2D eigenvalue weighted by atomic mass is 10.2. The maximum atomic E-state index is 12.7. The summed E-state index contributed by atoms with van der Waals surface area (Å²) in [5.41, 5.74) is 1.04. The van der Waals surface area contributed by atoms with Gasteiger partial charge in [0.15, 0.2) is 0 Å². The molecule has 0 unspecified atom stereocenters. The topological polar surface area (TPSA) is 71.3 Å². The number of amides is 1. The number of hydrogen-bond donors (Lipinski definition) is 0. The molecule has 0 radical (unpaired) electrons. The van der Waals surface area contributed by atoms with Crippen LogP contribution in [0.1, 0.15) is 34.8 Å². The molecule has 8 heteroatoms. The molecule has 4 rings (SSSR count). The van der Waals surface area contributed by atoms with E-state index < -0.39 is 0 Å². The van der Waals surface area contributed by atoms with Gasteiger partial charge in [0.25, 0.3) is 11.5 Å². The molecule has 0 aromatic carbocycles. The maximum absolute atomic E-state index is 12.7. The van der Waals surface area contributed by atoms with Gasteiger partial charge < -0.3 is 4.90 Å². The first-order valence-electron chi connectivity index (χ1n) is 8.84. The SMILES string of the molecule is O=C(c1cccc(Cl)n1)N1CCn2c(nc(CN3CCCC3)cc2=O)C1. The van der Waals surface area contributed by atoms with Crippen LogP contribution in [0.3, 0.4) is 0 Å². The smallest absolute Gasteiger partial charge is 0.272 e. The van der Waals surface area contributed by atoms with Crippen LogP contribution >= 0.6 is 11.6 Å². The van der Waals surface area contributed by atoms with E-state index >= 15 is 0 Å². The van der Waals surface area contributed by atoms with Crippen molar-refractivity contribution in [1.29, 1.82) is 0 Å². The Kier molecular flexibility index (Phi) is 4.74. The zero-order chi connectivity index (χ0) is 18.1. The van der Waals surface area contributed by atoms with Crippen molar-refractivity contribution in [2.75, 3.05) is 19.6 Å². The van der Waals surface area contributed by atoms with E-state index in [4.69, 9.17) is 11.6 Å². The van der Waals surface area contributed by atoms with Crippen LogP contribution in [0.5, 0.6) is 0 Å². The van der Waals surface area contributed by atoms with E-state index in [2.05, 4.69) is 14.9 Å². The molecule has 0 aliphatic carbocycles. The third-order valence-corrected chi connectivity index (χ3v) is 5.08. The van der Waals surface area contributed by atoms with Gasteiger partial charge in [-0.2, -0.15) is 0 Å².